The number of aromatic nitrogens is 5. The van der Waals surface area contributed by atoms with Crippen LogP contribution in [0.25, 0.3) is 22.9 Å². The highest BCUT2D eigenvalue weighted by Crippen LogP contribution is 2.36. The summed E-state index contributed by atoms with van der Waals surface area (Å²) in [4.78, 5) is 9.41. The Labute approximate surface area is 198 Å². The lowest BCUT2D eigenvalue weighted by Gasteiger charge is -2.24. The summed E-state index contributed by atoms with van der Waals surface area (Å²) in [6.45, 7) is 9.83. The van der Waals surface area contributed by atoms with Crippen LogP contribution in [0, 0.1) is 0 Å². The Morgan fingerprint density at radius 1 is 1.21 bits per heavy atom. The topological polar surface area (TPSA) is 114 Å². The van der Waals surface area contributed by atoms with Crippen LogP contribution in [0.2, 0.25) is 0 Å². The van der Waals surface area contributed by atoms with E-state index in [0.29, 0.717) is 31.3 Å². The SMILES string of the molecule is CC(C)n1nc(CO)nc1-c1cn2c(n1)-c1ccc(C3C=NN(CC(C)(C)O)C3)cc1OCC2. The van der Waals surface area contributed by atoms with Crippen molar-refractivity contribution in [3.05, 3.63) is 35.8 Å². The molecule has 180 valence electrons. The van der Waals surface area contributed by atoms with Gasteiger partial charge in [-0.15, -0.1) is 0 Å². The first-order valence-corrected chi connectivity index (χ1v) is 11.6. The number of hydrogen-bond acceptors (Lipinski definition) is 8. The molecule has 10 nitrogen and oxygen atoms in total. The van der Waals surface area contributed by atoms with Gasteiger partial charge in [-0.2, -0.15) is 10.2 Å². The van der Waals surface area contributed by atoms with Gasteiger partial charge in [-0.3, -0.25) is 5.01 Å². The van der Waals surface area contributed by atoms with Crippen molar-refractivity contribution in [3.63, 3.8) is 0 Å². The van der Waals surface area contributed by atoms with E-state index < -0.39 is 5.60 Å². The molecule has 10 heteroatoms. The second-order valence-electron chi connectivity index (χ2n) is 9.83. The minimum Gasteiger partial charge on any atom is -0.491 e. The lowest BCUT2D eigenvalue weighted by Crippen LogP contribution is -2.35. The summed E-state index contributed by atoms with van der Waals surface area (Å²) in [5.41, 5.74) is 1.97. The van der Waals surface area contributed by atoms with Gasteiger partial charge >= 0.3 is 0 Å². The maximum absolute atomic E-state index is 10.1. The van der Waals surface area contributed by atoms with Crippen molar-refractivity contribution in [3.8, 4) is 28.7 Å². The lowest BCUT2D eigenvalue weighted by molar-refractivity contribution is 0.0401. The Hall–Kier alpha value is -3.24. The van der Waals surface area contributed by atoms with Crippen LogP contribution in [-0.2, 0) is 13.2 Å². The molecule has 2 aliphatic rings. The molecule has 0 aliphatic carbocycles. The van der Waals surface area contributed by atoms with Crippen LogP contribution < -0.4 is 4.74 Å². The van der Waals surface area contributed by atoms with Gasteiger partial charge in [0.25, 0.3) is 0 Å². The van der Waals surface area contributed by atoms with Crippen LogP contribution in [-0.4, -0.2) is 71.0 Å². The van der Waals surface area contributed by atoms with Gasteiger partial charge in [-0.05, 0) is 45.4 Å². The van der Waals surface area contributed by atoms with Crippen LogP contribution in [0.5, 0.6) is 5.75 Å². The molecule has 1 atom stereocenters. The van der Waals surface area contributed by atoms with E-state index in [1.54, 1.807) is 18.5 Å². The normalized spacial score (nSPS) is 17.6. The molecule has 34 heavy (non-hydrogen) atoms. The highest BCUT2D eigenvalue weighted by Gasteiger charge is 2.27. The number of aliphatic hydroxyl groups excluding tert-OH is 1. The van der Waals surface area contributed by atoms with Crippen molar-refractivity contribution in [1.29, 1.82) is 0 Å². The van der Waals surface area contributed by atoms with E-state index in [0.717, 1.165) is 34.9 Å². The van der Waals surface area contributed by atoms with E-state index in [1.807, 2.05) is 31.3 Å². The molecule has 4 heterocycles. The molecule has 0 saturated heterocycles. The van der Waals surface area contributed by atoms with E-state index >= 15 is 0 Å². The third-order valence-corrected chi connectivity index (χ3v) is 5.96. The summed E-state index contributed by atoms with van der Waals surface area (Å²) < 4.78 is 9.98. The van der Waals surface area contributed by atoms with Crippen molar-refractivity contribution < 1.29 is 14.9 Å². The number of β-amino-alcohol motifs (C(OH)–C–C–N with tert-alkyl or cyclic N) is 1. The smallest absolute Gasteiger partial charge is 0.179 e. The number of hydrazone groups is 1. The average Bonchev–Trinajstić information content (AvgIpc) is 3.49. The van der Waals surface area contributed by atoms with Crippen LogP contribution in [0.4, 0.5) is 0 Å². The summed E-state index contributed by atoms with van der Waals surface area (Å²) in [7, 11) is 0. The van der Waals surface area contributed by atoms with Crippen molar-refractivity contribution in [1.82, 2.24) is 29.3 Å². The zero-order chi connectivity index (χ0) is 24.0. The monoisotopic (exact) mass is 465 g/mol. The number of ether oxygens (including phenoxy) is 1. The molecule has 2 aliphatic heterocycles. The average molecular weight is 466 g/mol. The molecule has 5 rings (SSSR count). The molecule has 0 saturated carbocycles. The number of benzene rings is 1. The molecule has 0 bridgehead atoms. The number of fused-ring (bicyclic) bond motifs is 3. The predicted molar refractivity (Wildman–Crippen MR) is 128 cm³/mol. The summed E-state index contributed by atoms with van der Waals surface area (Å²) >= 11 is 0. The Morgan fingerprint density at radius 3 is 2.76 bits per heavy atom. The second-order valence-corrected chi connectivity index (χ2v) is 9.83. The largest absolute Gasteiger partial charge is 0.491 e. The molecule has 3 aromatic rings. The van der Waals surface area contributed by atoms with Crippen molar-refractivity contribution in [2.24, 2.45) is 5.10 Å². The fraction of sp³-hybridized carbons (Fsp3) is 0.500. The zero-order valence-electron chi connectivity index (χ0n) is 20.0. The van der Waals surface area contributed by atoms with Crippen LogP contribution in [0.15, 0.2) is 29.5 Å². The van der Waals surface area contributed by atoms with E-state index in [2.05, 4.69) is 38.0 Å². The van der Waals surface area contributed by atoms with Crippen molar-refractivity contribution in [2.75, 3.05) is 19.7 Å². The number of imidazole rings is 1. The fourth-order valence-electron chi connectivity index (χ4n) is 4.45. The quantitative estimate of drug-likeness (QED) is 0.575. The van der Waals surface area contributed by atoms with E-state index in [4.69, 9.17) is 9.72 Å². The number of aliphatic hydroxyl groups is 2. The van der Waals surface area contributed by atoms with Crippen molar-refractivity contribution >= 4 is 6.21 Å². The van der Waals surface area contributed by atoms with Gasteiger partial charge in [0, 0.05) is 30.9 Å². The van der Waals surface area contributed by atoms with E-state index in [1.165, 1.54) is 0 Å². The standard InChI is InChI=1S/C24H31N7O3/c1-15(2)31-23(27-21(13-32)28-31)19-12-29-7-8-34-20-9-16(5-6-18(20)22(29)26-19)17-10-25-30(11-17)14-24(3,4)33/h5-6,9-10,12,15,17,32-33H,7-8,11,13-14H2,1-4H3. The zero-order valence-corrected chi connectivity index (χ0v) is 20.0. The lowest BCUT2D eigenvalue weighted by atomic mass is 9.98. The van der Waals surface area contributed by atoms with E-state index in [9.17, 15) is 10.2 Å². The molecule has 1 aromatic carbocycles. The summed E-state index contributed by atoms with van der Waals surface area (Å²) in [5, 5.41) is 30.4. The Balaban J connectivity index is 1.45. The predicted octanol–water partition coefficient (Wildman–Crippen LogP) is 2.43. The minimum absolute atomic E-state index is 0.0894. The van der Waals surface area contributed by atoms with Gasteiger partial charge in [0.2, 0.25) is 0 Å². The molecule has 0 amide bonds. The fourth-order valence-corrected chi connectivity index (χ4v) is 4.45. The van der Waals surface area contributed by atoms with Crippen LogP contribution in [0.3, 0.4) is 0 Å². The second kappa shape index (κ2) is 8.52. The third kappa shape index (κ3) is 4.30. The van der Waals surface area contributed by atoms with Gasteiger partial charge in [-0.1, -0.05) is 6.07 Å². The van der Waals surface area contributed by atoms with Gasteiger partial charge in [0.15, 0.2) is 11.6 Å². The Kier molecular flexibility index (Phi) is 5.65. The molecular formula is C24H31N7O3. The first-order chi connectivity index (χ1) is 16.2. The van der Waals surface area contributed by atoms with Gasteiger partial charge < -0.3 is 19.5 Å². The van der Waals surface area contributed by atoms with Gasteiger partial charge in [0.05, 0.1) is 24.3 Å². The summed E-state index contributed by atoms with van der Waals surface area (Å²) in [6, 6.07) is 6.31. The van der Waals surface area contributed by atoms with Crippen LogP contribution >= 0.6 is 0 Å². The first-order valence-electron chi connectivity index (χ1n) is 11.6. The highest BCUT2D eigenvalue weighted by atomic mass is 16.5. The minimum atomic E-state index is -0.796. The number of rotatable bonds is 6. The maximum Gasteiger partial charge on any atom is 0.179 e. The third-order valence-electron chi connectivity index (χ3n) is 5.96. The Morgan fingerprint density at radius 2 is 2.03 bits per heavy atom. The van der Waals surface area contributed by atoms with Gasteiger partial charge in [0.1, 0.15) is 30.5 Å². The molecule has 1 unspecified atom stereocenters. The number of nitrogens with zero attached hydrogens (tertiary/aromatic N) is 7. The summed E-state index contributed by atoms with van der Waals surface area (Å²) in [6.07, 6.45) is 3.91. The first kappa shape index (κ1) is 22.5. The van der Waals surface area contributed by atoms with E-state index in [-0.39, 0.29) is 18.6 Å². The molecule has 2 N–H and O–H groups in total. The maximum atomic E-state index is 10.1. The molecular weight excluding hydrogens is 434 g/mol. The number of hydrogen-bond donors (Lipinski definition) is 2. The molecule has 0 fully saturated rings. The molecule has 0 radical (unpaired) electrons. The molecule has 2 aromatic heterocycles. The van der Waals surface area contributed by atoms with Gasteiger partial charge in [-0.25, -0.2) is 14.6 Å². The molecule has 0 spiro atoms. The Bertz CT molecular complexity index is 1220. The van der Waals surface area contributed by atoms with Crippen molar-refractivity contribution in [2.45, 2.75) is 58.4 Å². The highest BCUT2D eigenvalue weighted by molar-refractivity contribution is 5.73. The summed E-state index contributed by atoms with van der Waals surface area (Å²) in [5.74, 6) is 2.78. The van der Waals surface area contributed by atoms with Crippen LogP contribution in [0.1, 0.15) is 51.0 Å².